The molecule has 0 atom stereocenters. The third-order valence-electron chi connectivity index (χ3n) is 2.19. The van der Waals surface area contributed by atoms with Crippen molar-refractivity contribution < 1.29 is 22.8 Å². The van der Waals surface area contributed by atoms with Crippen molar-refractivity contribution in [3.8, 4) is 0 Å². The molecule has 98 valence electrons. The molecular weight excluding hydrogens is 247 g/mol. The smallest absolute Gasteiger partial charge is 0.326 e. The van der Waals surface area contributed by atoms with Crippen LogP contribution in [0.1, 0.15) is 30.1 Å². The molecule has 0 saturated heterocycles. The molecule has 0 aliphatic heterocycles. The largest absolute Gasteiger partial charge is 0.389 e. The topological polar surface area (TPSA) is 46.2 Å². The van der Waals surface area contributed by atoms with E-state index in [1.807, 2.05) is 0 Å². The zero-order chi connectivity index (χ0) is 13.8. The van der Waals surface area contributed by atoms with Crippen LogP contribution in [-0.2, 0) is 4.79 Å². The van der Waals surface area contributed by atoms with Gasteiger partial charge in [-0.3, -0.25) is 9.59 Å². The first-order chi connectivity index (χ1) is 8.28. The van der Waals surface area contributed by atoms with Gasteiger partial charge in [0.25, 0.3) is 0 Å². The van der Waals surface area contributed by atoms with Crippen molar-refractivity contribution in [2.24, 2.45) is 0 Å². The molecule has 0 bridgehead atoms. The molecule has 1 amide bonds. The second-order valence-electron chi connectivity index (χ2n) is 3.80. The second kappa shape index (κ2) is 5.66. The Bertz CT molecular complexity index is 455. The van der Waals surface area contributed by atoms with Crippen LogP contribution in [0.4, 0.5) is 18.9 Å². The summed E-state index contributed by atoms with van der Waals surface area (Å²) in [5, 5.41) is 2.32. The van der Waals surface area contributed by atoms with E-state index in [1.54, 1.807) is 12.1 Å². The van der Waals surface area contributed by atoms with Crippen LogP contribution in [0.5, 0.6) is 0 Å². The number of Topliss-reactive ketones (excluding diaryl/α,β-unsaturated/α-hetero) is 1. The van der Waals surface area contributed by atoms with Crippen LogP contribution in [0.3, 0.4) is 0 Å². The first-order valence-electron chi connectivity index (χ1n) is 5.25. The van der Waals surface area contributed by atoms with Crippen LogP contribution in [-0.4, -0.2) is 17.9 Å². The van der Waals surface area contributed by atoms with E-state index in [1.165, 1.54) is 19.1 Å². The molecule has 1 rings (SSSR count). The summed E-state index contributed by atoms with van der Waals surface area (Å²) in [4.78, 5) is 22.3. The summed E-state index contributed by atoms with van der Waals surface area (Å²) < 4.78 is 35.7. The summed E-state index contributed by atoms with van der Waals surface area (Å²) in [6, 6.07) is 6.05. The lowest BCUT2D eigenvalue weighted by molar-refractivity contribution is -0.142. The van der Waals surface area contributed by atoms with E-state index in [0.717, 1.165) is 0 Å². The summed E-state index contributed by atoms with van der Waals surface area (Å²) in [5.41, 5.74) is 0.707. The maximum Gasteiger partial charge on any atom is 0.389 e. The monoisotopic (exact) mass is 259 g/mol. The SMILES string of the molecule is CC(=O)c1cccc(NC(=O)CCC(F)(F)F)c1. The van der Waals surface area contributed by atoms with Crippen LogP contribution in [0.2, 0.25) is 0 Å². The normalized spacial score (nSPS) is 11.1. The Balaban J connectivity index is 2.59. The number of nitrogens with one attached hydrogen (secondary N) is 1. The average Bonchev–Trinajstić information content (AvgIpc) is 2.26. The molecule has 1 aromatic carbocycles. The van der Waals surface area contributed by atoms with Crippen LogP contribution in [0.25, 0.3) is 0 Å². The van der Waals surface area contributed by atoms with E-state index in [-0.39, 0.29) is 5.78 Å². The number of hydrogen-bond acceptors (Lipinski definition) is 2. The predicted molar refractivity (Wildman–Crippen MR) is 60.4 cm³/mol. The zero-order valence-corrected chi connectivity index (χ0v) is 9.67. The molecule has 0 heterocycles. The van der Waals surface area contributed by atoms with Crippen molar-refractivity contribution in [1.29, 1.82) is 0 Å². The van der Waals surface area contributed by atoms with Crippen molar-refractivity contribution in [1.82, 2.24) is 0 Å². The quantitative estimate of drug-likeness (QED) is 0.844. The Labute approximate surface area is 102 Å². The fourth-order valence-electron chi connectivity index (χ4n) is 1.29. The predicted octanol–water partition coefficient (Wildman–Crippen LogP) is 3.17. The Hall–Kier alpha value is -1.85. The molecule has 0 aliphatic rings. The van der Waals surface area contributed by atoms with Crippen LogP contribution >= 0.6 is 0 Å². The number of benzene rings is 1. The van der Waals surface area contributed by atoms with Crippen molar-refractivity contribution in [3.05, 3.63) is 29.8 Å². The number of carbonyl (C=O) groups is 2. The number of halogens is 3. The molecule has 3 nitrogen and oxygen atoms in total. The van der Waals surface area contributed by atoms with E-state index < -0.39 is 24.9 Å². The number of ketones is 1. The molecule has 0 aromatic heterocycles. The molecule has 6 heteroatoms. The lowest BCUT2D eigenvalue weighted by Gasteiger charge is -2.08. The molecule has 0 saturated carbocycles. The molecule has 0 radical (unpaired) electrons. The number of amides is 1. The summed E-state index contributed by atoms with van der Waals surface area (Å²) in [5.74, 6) is -0.908. The van der Waals surface area contributed by atoms with E-state index in [0.29, 0.717) is 11.3 Å². The average molecular weight is 259 g/mol. The Kier molecular flexibility index (Phi) is 4.47. The molecule has 18 heavy (non-hydrogen) atoms. The van der Waals surface area contributed by atoms with Gasteiger partial charge < -0.3 is 5.32 Å². The van der Waals surface area contributed by atoms with Gasteiger partial charge in [0.05, 0.1) is 6.42 Å². The maximum absolute atomic E-state index is 11.9. The molecule has 0 spiro atoms. The maximum atomic E-state index is 11.9. The van der Waals surface area contributed by atoms with Gasteiger partial charge in [0.15, 0.2) is 5.78 Å². The minimum absolute atomic E-state index is 0.179. The van der Waals surface area contributed by atoms with Gasteiger partial charge in [-0.2, -0.15) is 13.2 Å². The van der Waals surface area contributed by atoms with Crippen LogP contribution in [0, 0.1) is 0 Å². The standard InChI is InChI=1S/C12H12F3NO2/c1-8(17)9-3-2-4-10(7-9)16-11(18)5-6-12(13,14)15/h2-4,7H,5-6H2,1H3,(H,16,18). The third kappa shape index (κ3) is 4.99. The van der Waals surface area contributed by atoms with E-state index in [4.69, 9.17) is 0 Å². The van der Waals surface area contributed by atoms with Gasteiger partial charge in [0.1, 0.15) is 0 Å². The highest BCUT2D eigenvalue weighted by molar-refractivity contribution is 5.97. The van der Waals surface area contributed by atoms with Crippen molar-refractivity contribution in [2.75, 3.05) is 5.32 Å². The van der Waals surface area contributed by atoms with E-state index >= 15 is 0 Å². The number of carbonyl (C=O) groups excluding carboxylic acids is 2. The minimum Gasteiger partial charge on any atom is -0.326 e. The number of anilines is 1. The number of alkyl halides is 3. The minimum atomic E-state index is -4.35. The van der Waals surface area contributed by atoms with Gasteiger partial charge in [-0.05, 0) is 19.1 Å². The zero-order valence-electron chi connectivity index (χ0n) is 9.67. The summed E-state index contributed by atoms with van der Waals surface area (Å²) >= 11 is 0. The van der Waals surface area contributed by atoms with Gasteiger partial charge in [-0.15, -0.1) is 0 Å². The summed E-state index contributed by atoms with van der Waals surface area (Å²) in [6.07, 6.45) is -6.14. The van der Waals surface area contributed by atoms with Crippen LogP contribution in [0.15, 0.2) is 24.3 Å². The van der Waals surface area contributed by atoms with Gasteiger partial charge in [0, 0.05) is 17.7 Å². The van der Waals surface area contributed by atoms with Gasteiger partial charge in [-0.25, -0.2) is 0 Å². The van der Waals surface area contributed by atoms with Gasteiger partial charge in [-0.1, -0.05) is 12.1 Å². The molecule has 0 fully saturated rings. The molecule has 1 N–H and O–H groups in total. The van der Waals surface area contributed by atoms with Crippen molar-refractivity contribution in [3.63, 3.8) is 0 Å². The molecule has 0 aliphatic carbocycles. The van der Waals surface area contributed by atoms with E-state index in [9.17, 15) is 22.8 Å². The highest BCUT2D eigenvalue weighted by Gasteiger charge is 2.27. The fraction of sp³-hybridized carbons (Fsp3) is 0.333. The number of rotatable bonds is 4. The number of hydrogen-bond donors (Lipinski definition) is 1. The van der Waals surface area contributed by atoms with Gasteiger partial charge in [0.2, 0.25) is 5.91 Å². The molecule has 0 unspecified atom stereocenters. The Morgan fingerprint density at radius 1 is 1.28 bits per heavy atom. The summed E-state index contributed by atoms with van der Waals surface area (Å²) in [6.45, 7) is 1.37. The Morgan fingerprint density at radius 3 is 2.50 bits per heavy atom. The Morgan fingerprint density at radius 2 is 1.94 bits per heavy atom. The third-order valence-corrected chi connectivity index (χ3v) is 2.19. The first-order valence-corrected chi connectivity index (χ1v) is 5.25. The van der Waals surface area contributed by atoms with Crippen LogP contribution < -0.4 is 5.32 Å². The lowest BCUT2D eigenvalue weighted by Crippen LogP contribution is -2.16. The molecule has 1 aromatic rings. The van der Waals surface area contributed by atoms with Crippen molar-refractivity contribution in [2.45, 2.75) is 25.9 Å². The first kappa shape index (κ1) is 14.2. The second-order valence-corrected chi connectivity index (χ2v) is 3.80. The lowest BCUT2D eigenvalue weighted by atomic mass is 10.1. The van der Waals surface area contributed by atoms with Crippen molar-refractivity contribution >= 4 is 17.4 Å². The highest BCUT2D eigenvalue weighted by Crippen LogP contribution is 2.21. The molecular formula is C12H12F3NO2. The summed E-state index contributed by atoms with van der Waals surface area (Å²) in [7, 11) is 0. The van der Waals surface area contributed by atoms with Gasteiger partial charge >= 0.3 is 6.18 Å². The van der Waals surface area contributed by atoms with E-state index in [2.05, 4.69) is 5.32 Å². The fourth-order valence-corrected chi connectivity index (χ4v) is 1.29. The highest BCUT2D eigenvalue weighted by atomic mass is 19.4.